The van der Waals surface area contributed by atoms with Crippen LogP contribution < -0.4 is 9.62 Å². The first-order valence-corrected chi connectivity index (χ1v) is 9.64. The van der Waals surface area contributed by atoms with E-state index < -0.39 is 26.7 Å². The summed E-state index contributed by atoms with van der Waals surface area (Å²) in [4.78, 5) is 12.4. The zero-order valence-corrected chi connectivity index (χ0v) is 15.2. The van der Waals surface area contributed by atoms with E-state index in [9.17, 15) is 26.4 Å². The zero-order chi connectivity index (χ0) is 19.8. The number of anilines is 1. The lowest BCUT2D eigenvalue weighted by molar-refractivity contribution is -0.139. The number of nitrogens with zero attached hydrogens (tertiary/aromatic N) is 1. The molecular formula is C18H17F3N2O3S. The van der Waals surface area contributed by atoms with Crippen LogP contribution in [0.15, 0.2) is 47.4 Å². The number of benzene rings is 2. The lowest BCUT2D eigenvalue weighted by atomic mass is 10.1. The number of carbonyl (C=O) groups excluding carboxylic acids is 1. The average molecular weight is 398 g/mol. The molecule has 1 aliphatic rings. The molecule has 3 rings (SSSR count). The molecule has 1 aliphatic heterocycles. The number of hydrogen-bond acceptors (Lipinski definition) is 3. The Kier molecular flexibility index (Phi) is 5.00. The fourth-order valence-electron chi connectivity index (χ4n) is 3.08. The van der Waals surface area contributed by atoms with Crippen molar-refractivity contribution in [1.29, 1.82) is 0 Å². The lowest BCUT2D eigenvalue weighted by Gasteiger charge is -2.15. The van der Waals surface area contributed by atoms with Crippen LogP contribution in [0.1, 0.15) is 23.6 Å². The molecule has 0 bridgehead atoms. The van der Waals surface area contributed by atoms with Gasteiger partial charge < -0.3 is 4.90 Å². The third kappa shape index (κ3) is 3.98. The van der Waals surface area contributed by atoms with Crippen LogP contribution >= 0.6 is 0 Å². The van der Waals surface area contributed by atoms with Crippen molar-refractivity contribution in [2.75, 3.05) is 11.4 Å². The summed E-state index contributed by atoms with van der Waals surface area (Å²) in [5.41, 5.74) is 1.07. The second kappa shape index (κ2) is 6.97. The van der Waals surface area contributed by atoms with Gasteiger partial charge in [0, 0.05) is 25.7 Å². The number of alkyl halides is 3. The van der Waals surface area contributed by atoms with Gasteiger partial charge in [-0.2, -0.15) is 13.2 Å². The first-order chi connectivity index (χ1) is 12.6. The van der Waals surface area contributed by atoms with Crippen LogP contribution in [0.25, 0.3) is 0 Å². The van der Waals surface area contributed by atoms with Crippen LogP contribution in [-0.2, 0) is 34.0 Å². The van der Waals surface area contributed by atoms with Crippen LogP contribution in [0.2, 0.25) is 0 Å². The van der Waals surface area contributed by atoms with Crippen molar-refractivity contribution in [2.45, 2.75) is 31.0 Å². The number of rotatable bonds is 4. The molecule has 0 aliphatic carbocycles. The quantitative estimate of drug-likeness (QED) is 0.861. The van der Waals surface area contributed by atoms with E-state index in [1.54, 1.807) is 23.1 Å². The highest BCUT2D eigenvalue weighted by Gasteiger charge is 2.36. The summed E-state index contributed by atoms with van der Waals surface area (Å²) in [6, 6.07) is 9.18. The molecular weight excluding hydrogens is 381 g/mol. The number of amides is 1. The monoisotopic (exact) mass is 398 g/mol. The Morgan fingerprint density at radius 2 is 1.89 bits per heavy atom. The van der Waals surface area contributed by atoms with E-state index in [1.165, 1.54) is 13.0 Å². The molecule has 0 aromatic heterocycles. The van der Waals surface area contributed by atoms with Crippen LogP contribution in [0, 0.1) is 0 Å². The van der Waals surface area contributed by atoms with Crippen molar-refractivity contribution in [2.24, 2.45) is 0 Å². The fourth-order valence-corrected chi connectivity index (χ4v) is 4.33. The molecule has 0 saturated heterocycles. The molecule has 2 aromatic rings. The maximum Gasteiger partial charge on any atom is 0.417 e. The first-order valence-electron chi connectivity index (χ1n) is 8.15. The molecule has 27 heavy (non-hydrogen) atoms. The van der Waals surface area contributed by atoms with Crippen LogP contribution in [0.3, 0.4) is 0 Å². The van der Waals surface area contributed by atoms with Gasteiger partial charge in [0.15, 0.2) is 0 Å². The number of nitrogens with one attached hydrogen (secondary N) is 1. The Bertz CT molecular complexity index is 988. The predicted octanol–water partition coefficient (Wildman–Crippen LogP) is 3.09. The molecule has 5 nitrogen and oxygen atoms in total. The van der Waals surface area contributed by atoms with Crippen molar-refractivity contribution in [3.8, 4) is 0 Å². The number of sulfonamides is 1. The maximum absolute atomic E-state index is 13.1. The van der Waals surface area contributed by atoms with Gasteiger partial charge in [0.05, 0.1) is 10.5 Å². The molecule has 0 atom stereocenters. The highest BCUT2D eigenvalue weighted by Crippen LogP contribution is 2.34. The molecule has 1 N–H and O–H groups in total. The molecule has 2 aromatic carbocycles. The summed E-state index contributed by atoms with van der Waals surface area (Å²) in [5, 5.41) is 0. The van der Waals surface area contributed by atoms with E-state index in [0.29, 0.717) is 18.5 Å². The van der Waals surface area contributed by atoms with Crippen LogP contribution in [0.4, 0.5) is 18.9 Å². The first kappa shape index (κ1) is 19.4. The standard InChI is InChI=1S/C18H17F3N2O3S/c1-12(24)23-9-8-14-10-13(6-7-16(14)23)11-22-27(25,26)17-5-3-2-4-15(17)18(19,20)21/h2-7,10,22H,8-9,11H2,1H3. The topological polar surface area (TPSA) is 66.5 Å². The largest absolute Gasteiger partial charge is 0.417 e. The number of hydrogen-bond donors (Lipinski definition) is 1. The smallest absolute Gasteiger partial charge is 0.312 e. The Morgan fingerprint density at radius 3 is 2.56 bits per heavy atom. The van der Waals surface area contributed by atoms with Crippen molar-refractivity contribution in [3.05, 3.63) is 59.2 Å². The highest BCUT2D eigenvalue weighted by molar-refractivity contribution is 7.89. The van der Waals surface area contributed by atoms with Crippen LogP contribution in [-0.4, -0.2) is 20.9 Å². The number of carbonyl (C=O) groups is 1. The molecule has 0 saturated carbocycles. The number of fused-ring (bicyclic) bond motifs is 1. The van der Waals surface area contributed by atoms with E-state index in [1.807, 2.05) is 0 Å². The van der Waals surface area contributed by atoms with Crippen LogP contribution in [0.5, 0.6) is 0 Å². The van der Waals surface area contributed by atoms with Crippen molar-refractivity contribution >= 4 is 21.6 Å². The van der Waals surface area contributed by atoms with Gasteiger partial charge in [-0.1, -0.05) is 24.3 Å². The van der Waals surface area contributed by atoms with Gasteiger partial charge in [-0.25, -0.2) is 13.1 Å². The normalized spacial score (nSPS) is 14.3. The summed E-state index contributed by atoms with van der Waals surface area (Å²) >= 11 is 0. The molecule has 144 valence electrons. The summed E-state index contributed by atoms with van der Waals surface area (Å²) < 4.78 is 66.2. The lowest BCUT2D eigenvalue weighted by Crippen LogP contribution is -2.26. The summed E-state index contributed by atoms with van der Waals surface area (Å²) in [6.45, 7) is 1.87. The second-order valence-corrected chi connectivity index (χ2v) is 7.94. The Hall–Kier alpha value is -2.39. The predicted molar refractivity (Wildman–Crippen MR) is 93.6 cm³/mol. The molecule has 0 fully saturated rings. The van der Waals surface area contributed by atoms with Crippen molar-refractivity contribution < 1.29 is 26.4 Å². The van der Waals surface area contributed by atoms with E-state index in [4.69, 9.17) is 0 Å². The maximum atomic E-state index is 13.1. The Morgan fingerprint density at radius 1 is 1.19 bits per heavy atom. The third-order valence-electron chi connectivity index (χ3n) is 4.37. The molecule has 9 heteroatoms. The zero-order valence-electron chi connectivity index (χ0n) is 14.4. The van der Waals surface area contributed by atoms with Gasteiger partial charge in [0.2, 0.25) is 15.9 Å². The van der Waals surface area contributed by atoms with Gasteiger partial charge in [0.25, 0.3) is 0 Å². The summed E-state index contributed by atoms with van der Waals surface area (Å²) in [5.74, 6) is -0.0778. The van der Waals surface area contributed by atoms with Crippen molar-refractivity contribution in [1.82, 2.24) is 4.72 Å². The molecule has 1 amide bonds. The molecule has 0 unspecified atom stereocenters. The van der Waals surface area contributed by atoms with E-state index >= 15 is 0 Å². The van der Waals surface area contributed by atoms with E-state index in [-0.39, 0.29) is 12.5 Å². The van der Waals surface area contributed by atoms with Crippen molar-refractivity contribution in [3.63, 3.8) is 0 Å². The number of halogens is 3. The average Bonchev–Trinajstić information content (AvgIpc) is 3.03. The second-order valence-electron chi connectivity index (χ2n) is 6.20. The van der Waals surface area contributed by atoms with E-state index in [2.05, 4.69) is 4.72 Å². The molecule has 0 radical (unpaired) electrons. The summed E-state index contributed by atoms with van der Waals surface area (Å²) in [7, 11) is -4.35. The Labute approximate surface area is 154 Å². The third-order valence-corrected chi connectivity index (χ3v) is 5.83. The fraction of sp³-hybridized carbons (Fsp3) is 0.278. The molecule has 0 spiro atoms. The summed E-state index contributed by atoms with van der Waals surface area (Å²) in [6.07, 6.45) is -4.12. The van der Waals surface area contributed by atoms with Gasteiger partial charge in [-0.05, 0) is 35.7 Å². The minimum absolute atomic E-state index is 0.0778. The SMILES string of the molecule is CC(=O)N1CCc2cc(CNS(=O)(=O)c3ccccc3C(F)(F)F)ccc21. The van der Waals surface area contributed by atoms with Gasteiger partial charge >= 0.3 is 6.18 Å². The highest BCUT2D eigenvalue weighted by atomic mass is 32.2. The Balaban J connectivity index is 1.81. The van der Waals surface area contributed by atoms with E-state index in [0.717, 1.165) is 29.4 Å². The minimum atomic E-state index is -4.77. The van der Waals surface area contributed by atoms with Gasteiger partial charge in [0.1, 0.15) is 0 Å². The minimum Gasteiger partial charge on any atom is -0.312 e. The van der Waals surface area contributed by atoms with Gasteiger partial charge in [-0.3, -0.25) is 4.79 Å². The van der Waals surface area contributed by atoms with Gasteiger partial charge in [-0.15, -0.1) is 0 Å². The molecule has 1 heterocycles.